The molecule has 0 bridgehead atoms. The lowest BCUT2D eigenvalue weighted by Gasteiger charge is -2.25. The minimum Gasteiger partial charge on any atom is -0.462 e. The number of para-hydroxylation sites is 2. The number of nitrogens with two attached hydrogens (primary N) is 2. The highest BCUT2D eigenvalue weighted by Gasteiger charge is 2.33. The Kier molecular flexibility index (Phi) is 18.1. The molecule has 0 aliphatic rings. The van der Waals surface area contributed by atoms with Crippen LogP contribution in [0.2, 0.25) is 0 Å². The zero-order valence-corrected chi connectivity index (χ0v) is 39.9. The molecular weight excluding hydrogens is 894 g/mol. The van der Waals surface area contributed by atoms with Gasteiger partial charge in [0.05, 0.1) is 50.2 Å². The quantitative estimate of drug-likeness (QED) is 0.0452. The lowest BCUT2D eigenvalue weighted by Crippen LogP contribution is -2.37. The number of rotatable bonds is 22. The topological polar surface area (TPSA) is 287 Å². The third-order valence-corrected chi connectivity index (χ3v) is 12.6. The van der Waals surface area contributed by atoms with Crippen molar-refractivity contribution < 1.29 is 46.7 Å². The van der Waals surface area contributed by atoms with Crippen LogP contribution in [0.25, 0.3) is 22.3 Å². The van der Waals surface area contributed by atoms with Crippen molar-refractivity contribution in [3.63, 3.8) is 0 Å². The van der Waals surface area contributed by atoms with E-state index in [0.717, 1.165) is 0 Å². The van der Waals surface area contributed by atoms with E-state index >= 15 is 0 Å². The Morgan fingerprint density at radius 1 is 0.576 bits per heavy atom. The Hall–Kier alpha value is -6.02. The van der Waals surface area contributed by atoms with Crippen LogP contribution in [0.4, 0.5) is 11.6 Å². The van der Waals surface area contributed by atoms with E-state index in [0.29, 0.717) is 58.6 Å². The number of hydrogen-bond acceptors (Lipinski definition) is 18. The summed E-state index contributed by atoms with van der Waals surface area (Å²) in [4.78, 5) is 49.2. The molecule has 4 aromatic heterocycles. The summed E-state index contributed by atoms with van der Waals surface area (Å²) in [6.45, 7) is 14.5. The molecule has 4 heterocycles. The predicted octanol–water partition coefficient (Wildman–Crippen LogP) is 5.95. The van der Waals surface area contributed by atoms with Gasteiger partial charge < -0.3 is 48.6 Å². The lowest BCUT2D eigenvalue weighted by atomic mass is 10.3. The largest absolute Gasteiger partial charge is 0.462 e. The van der Waals surface area contributed by atoms with E-state index < -0.39 is 39.1 Å². The van der Waals surface area contributed by atoms with E-state index in [1.165, 1.54) is 12.7 Å². The number of hydrogen-bond donors (Lipinski definition) is 4. The molecule has 6 atom stereocenters. The van der Waals surface area contributed by atoms with Crippen LogP contribution in [0.5, 0.6) is 11.5 Å². The number of carbonyl (C=O) groups is 2. The molecule has 0 aliphatic heterocycles. The second-order valence-corrected chi connectivity index (χ2v) is 19.8. The number of fused-ring (bicyclic) bond motifs is 2. The zero-order chi connectivity index (χ0) is 48.0. The molecule has 22 nitrogen and oxygen atoms in total. The molecule has 0 amide bonds. The number of nitrogens with one attached hydrogen (secondary N) is 2. The summed E-state index contributed by atoms with van der Waals surface area (Å²) in [5.41, 5.74) is 13.8. The number of nitrogen functional groups attached to an aromatic ring is 2. The Morgan fingerprint density at radius 3 is 1.29 bits per heavy atom. The predicted molar refractivity (Wildman–Crippen MR) is 247 cm³/mol. The first kappa shape index (κ1) is 51.0. The van der Waals surface area contributed by atoms with E-state index in [2.05, 4.69) is 40.1 Å². The first-order valence-corrected chi connectivity index (χ1v) is 24.7. The molecule has 0 spiro atoms. The lowest BCUT2D eigenvalue weighted by molar-refractivity contribution is -0.149. The van der Waals surface area contributed by atoms with E-state index in [9.17, 15) is 18.7 Å². The maximum Gasteiger partial charge on any atom is 0.342 e. The van der Waals surface area contributed by atoms with Gasteiger partial charge in [0, 0.05) is 0 Å². The summed E-state index contributed by atoms with van der Waals surface area (Å²) in [5.74, 6) is 0.303. The Morgan fingerprint density at radius 2 is 0.939 bits per heavy atom. The smallest absolute Gasteiger partial charge is 0.342 e. The number of aromatic nitrogens is 8. The Balaban J connectivity index is 0.000000247. The average molecular weight is 953 g/mol. The van der Waals surface area contributed by atoms with Gasteiger partial charge in [-0.25, -0.2) is 40.1 Å². The van der Waals surface area contributed by atoms with Crippen LogP contribution < -0.4 is 30.7 Å². The maximum absolute atomic E-state index is 13.6. The van der Waals surface area contributed by atoms with Crippen molar-refractivity contribution in [2.45, 2.75) is 105 Å². The Bertz CT molecular complexity index is 2420. The molecule has 0 unspecified atom stereocenters. The first-order valence-electron chi connectivity index (χ1n) is 21.0. The van der Waals surface area contributed by atoms with Gasteiger partial charge >= 0.3 is 27.0 Å². The van der Waals surface area contributed by atoms with Gasteiger partial charge in [0.15, 0.2) is 22.9 Å². The summed E-state index contributed by atoms with van der Waals surface area (Å²) >= 11 is 0. The SMILES string of the molecule is CC(C)OC(=O)[C@@H](C)N[P@@](=O)(CO[C@H](C)Cn1cnc2c(N)ncnc21)Oc1ccccc1.CC(C)OC(=O)[C@@H](C)N[P@](=O)(CO[C@H](C)Cn1cnc2c(N)ncnc21)Oc1ccccc1. The fourth-order valence-electron chi connectivity index (χ4n) is 6.02. The molecular formula is C42H58N12O10P2. The minimum atomic E-state index is -3.64. The molecule has 66 heavy (non-hydrogen) atoms. The van der Waals surface area contributed by atoms with Crippen LogP contribution in [0.3, 0.4) is 0 Å². The number of esters is 2. The minimum absolute atomic E-state index is 0.272. The standard InChI is InChI=1S/2C21H29N6O5P/c2*1-14(2)31-21(28)16(4)26-33(29,32-17-8-6-5-7-9-17)13-30-15(3)10-27-12-25-18-19(22)23-11-24-20(18)27/h2*5-9,11-12,14-16H,10,13H2,1-4H3,(H,26,29)(H2,22,23,24)/t15-,16-,33+;15-,16-,33-/m11/s1. The normalized spacial score (nSPS) is 15.2. The third kappa shape index (κ3) is 15.0. The zero-order valence-electron chi connectivity index (χ0n) is 38.1. The highest BCUT2D eigenvalue weighted by atomic mass is 31.2. The van der Waals surface area contributed by atoms with Crippen molar-refractivity contribution in [1.82, 2.24) is 49.2 Å². The van der Waals surface area contributed by atoms with Crippen LogP contribution in [0.1, 0.15) is 55.4 Å². The number of imidazole rings is 2. The van der Waals surface area contributed by atoms with Crippen molar-refractivity contribution in [2.75, 3.05) is 24.2 Å². The molecule has 0 saturated heterocycles. The second-order valence-electron chi connectivity index (χ2n) is 15.7. The van der Waals surface area contributed by atoms with Crippen LogP contribution in [-0.4, -0.2) is 100 Å². The van der Waals surface area contributed by atoms with Gasteiger partial charge in [-0.15, -0.1) is 0 Å². The van der Waals surface area contributed by atoms with Gasteiger partial charge in [-0.1, -0.05) is 36.4 Å². The van der Waals surface area contributed by atoms with Crippen LogP contribution in [0.15, 0.2) is 86.0 Å². The van der Waals surface area contributed by atoms with Gasteiger partial charge in [-0.2, -0.15) is 0 Å². The second kappa shape index (κ2) is 23.4. The van der Waals surface area contributed by atoms with Crippen molar-refractivity contribution in [1.29, 1.82) is 0 Å². The number of nitrogens with zero attached hydrogens (tertiary/aromatic N) is 8. The molecule has 0 radical (unpaired) electrons. The number of ether oxygens (including phenoxy) is 4. The van der Waals surface area contributed by atoms with Crippen molar-refractivity contribution >= 4 is 60.9 Å². The van der Waals surface area contributed by atoms with E-state index in [1.54, 1.807) is 112 Å². The highest BCUT2D eigenvalue weighted by molar-refractivity contribution is 7.57. The third-order valence-electron chi connectivity index (χ3n) is 9.01. The summed E-state index contributed by atoms with van der Waals surface area (Å²) in [5, 5.41) is 5.55. The van der Waals surface area contributed by atoms with E-state index in [4.69, 9.17) is 39.5 Å². The van der Waals surface area contributed by atoms with E-state index in [-0.39, 0.29) is 37.1 Å². The average Bonchev–Trinajstić information content (AvgIpc) is 3.88. The summed E-state index contributed by atoms with van der Waals surface area (Å²) in [7, 11) is -7.28. The van der Waals surface area contributed by atoms with Crippen molar-refractivity contribution in [3.05, 3.63) is 86.0 Å². The van der Waals surface area contributed by atoms with Gasteiger partial charge in [0.25, 0.3) is 0 Å². The fraction of sp³-hybridized carbons (Fsp3) is 0.429. The number of benzene rings is 2. The molecule has 6 N–H and O–H groups in total. The molecule has 356 valence electrons. The molecule has 6 rings (SSSR count). The van der Waals surface area contributed by atoms with Gasteiger partial charge in [0.1, 0.15) is 60.0 Å². The van der Waals surface area contributed by atoms with Crippen LogP contribution >= 0.6 is 15.0 Å². The van der Waals surface area contributed by atoms with Crippen LogP contribution in [0, 0.1) is 0 Å². The van der Waals surface area contributed by atoms with Crippen LogP contribution in [-0.2, 0) is 50.8 Å². The molecule has 0 aliphatic carbocycles. The maximum atomic E-state index is 13.6. The summed E-state index contributed by atoms with van der Waals surface area (Å²) in [6, 6.07) is 15.7. The van der Waals surface area contributed by atoms with Gasteiger partial charge in [-0.05, 0) is 79.7 Å². The Labute approximate surface area is 382 Å². The van der Waals surface area contributed by atoms with Crippen molar-refractivity contribution in [2.24, 2.45) is 0 Å². The van der Waals surface area contributed by atoms with E-state index in [1.807, 2.05) is 26.0 Å². The van der Waals surface area contributed by atoms with Gasteiger partial charge in [-0.3, -0.25) is 18.7 Å². The molecule has 0 saturated carbocycles. The highest BCUT2D eigenvalue weighted by Crippen LogP contribution is 2.45. The number of anilines is 2. The summed E-state index contributed by atoms with van der Waals surface area (Å²) in [6.07, 6.45) is 4.02. The molecule has 2 aromatic carbocycles. The fourth-order valence-corrected chi connectivity index (χ4v) is 9.60. The summed E-state index contributed by atoms with van der Waals surface area (Å²) < 4.78 is 64.4. The first-order chi connectivity index (χ1) is 31.3. The molecule has 24 heteroatoms. The van der Waals surface area contributed by atoms with Gasteiger partial charge in [0.2, 0.25) is 0 Å². The molecule has 0 fully saturated rings. The molecule has 6 aromatic rings. The van der Waals surface area contributed by atoms with Crippen molar-refractivity contribution in [3.8, 4) is 11.5 Å². The number of carbonyl (C=O) groups excluding carboxylic acids is 2. The monoisotopic (exact) mass is 952 g/mol.